The fourth-order valence-electron chi connectivity index (χ4n) is 3.36. The highest BCUT2D eigenvalue weighted by Gasteiger charge is 2.26. The van der Waals surface area contributed by atoms with Crippen molar-refractivity contribution in [1.29, 1.82) is 0 Å². The molecule has 3 rings (SSSR count). The molecule has 2 saturated heterocycles. The minimum Gasteiger partial charge on any atom is -0.497 e. The van der Waals surface area contributed by atoms with Crippen molar-refractivity contribution in [3.05, 3.63) is 24.3 Å². The van der Waals surface area contributed by atoms with Crippen LogP contribution in [0.2, 0.25) is 0 Å². The lowest BCUT2D eigenvalue weighted by molar-refractivity contribution is -0.133. The first kappa shape index (κ1) is 17.1. The highest BCUT2D eigenvalue weighted by Crippen LogP contribution is 2.23. The van der Waals surface area contributed by atoms with Crippen molar-refractivity contribution < 1.29 is 19.0 Å². The van der Waals surface area contributed by atoms with Crippen molar-refractivity contribution >= 4 is 5.91 Å². The van der Waals surface area contributed by atoms with E-state index in [2.05, 4.69) is 0 Å². The van der Waals surface area contributed by atoms with Crippen LogP contribution in [0.1, 0.15) is 25.7 Å². The maximum Gasteiger partial charge on any atom is 0.222 e. The summed E-state index contributed by atoms with van der Waals surface area (Å²) in [6.45, 7) is 3.97. The van der Waals surface area contributed by atoms with Crippen molar-refractivity contribution in [2.75, 3.05) is 40.0 Å². The van der Waals surface area contributed by atoms with Crippen LogP contribution in [0.25, 0.3) is 0 Å². The Morgan fingerprint density at radius 2 is 1.83 bits per heavy atom. The maximum atomic E-state index is 12.3. The first-order chi connectivity index (χ1) is 11.7. The number of carbonyl (C=O) groups excluding carboxylic acids is 1. The molecule has 0 radical (unpaired) electrons. The Balaban J connectivity index is 1.37. The Kier molecular flexibility index (Phi) is 5.96. The van der Waals surface area contributed by atoms with Gasteiger partial charge in [0.2, 0.25) is 5.91 Å². The second-order valence-corrected chi connectivity index (χ2v) is 6.74. The molecule has 0 unspecified atom stereocenters. The lowest BCUT2D eigenvalue weighted by Gasteiger charge is -2.32. The van der Waals surface area contributed by atoms with Gasteiger partial charge in [-0.2, -0.15) is 0 Å². The summed E-state index contributed by atoms with van der Waals surface area (Å²) >= 11 is 0. The van der Waals surface area contributed by atoms with Crippen molar-refractivity contribution in [2.24, 2.45) is 11.8 Å². The molecule has 2 aliphatic rings. The number of piperidine rings is 1. The van der Waals surface area contributed by atoms with Crippen molar-refractivity contribution in [2.45, 2.75) is 25.7 Å². The SMILES string of the molecule is COc1ccc(OCC2CCN(C(=O)C[C@H]3CCOC3)CC2)cc1. The third kappa shape index (κ3) is 4.63. The third-order valence-electron chi connectivity index (χ3n) is 5.00. The van der Waals surface area contributed by atoms with Crippen LogP contribution in [0.15, 0.2) is 24.3 Å². The first-order valence-corrected chi connectivity index (χ1v) is 8.87. The molecule has 0 aromatic heterocycles. The molecular formula is C19H27NO4. The Morgan fingerprint density at radius 3 is 2.46 bits per heavy atom. The molecule has 1 amide bonds. The summed E-state index contributed by atoms with van der Waals surface area (Å²) < 4.78 is 16.4. The van der Waals surface area contributed by atoms with Crippen molar-refractivity contribution in [1.82, 2.24) is 4.90 Å². The average Bonchev–Trinajstić information content (AvgIpc) is 3.14. The summed E-state index contributed by atoms with van der Waals surface area (Å²) in [5, 5.41) is 0. The summed E-state index contributed by atoms with van der Waals surface area (Å²) in [6, 6.07) is 7.68. The first-order valence-electron chi connectivity index (χ1n) is 8.87. The molecule has 1 atom stereocenters. The largest absolute Gasteiger partial charge is 0.497 e. The smallest absolute Gasteiger partial charge is 0.222 e. The number of carbonyl (C=O) groups is 1. The third-order valence-corrected chi connectivity index (χ3v) is 5.00. The van der Waals surface area contributed by atoms with Crippen LogP contribution in [0.5, 0.6) is 11.5 Å². The fraction of sp³-hybridized carbons (Fsp3) is 0.632. The topological polar surface area (TPSA) is 48.0 Å². The zero-order chi connectivity index (χ0) is 16.8. The van der Waals surface area contributed by atoms with Crippen LogP contribution in [-0.2, 0) is 9.53 Å². The summed E-state index contributed by atoms with van der Waals surface area (Å²) in [5.74, 6) is 2.94. The van der Waals surface area contributed by atoms with Gasteiger partial charge >= 0.3 is 0 Å². The number of ether oxygens (including phenoxy) is 3. The Bertz CT molecular complexity index is 517. The Morgan fingerprint density at radius 1 is 1.12 bits per heavy atom. The second-order valence-electron chi connectivity index (χ2n) is 6.74. The van der Waals surface area contributed by atoms with E-state index >= 15 is 0 Å². The van der Waals surface area contributed by atoms with E-state index in [0.717, 1.165) is 57.1 Å². The number of hydrogen-bond donors (Lipinski definition) is 0. The molecule has 2 heterocycles. The van der Waals surface area contributed by atoms with Crippen LogP contribution >= 0.6 is 0 Å². The van der Waals surface area contributed by atoms with E-state index in [4.69, 9.17) is 14.2 Å². The van der Waals surface area contributed by atoms with Crippen LogP contribution in [-0.4, -0.2) is 50.8 Å². The summed E-state index contributed by atoms with van der Waals surface area (Å²) in [4.78, 5) is 14.3. The second kappa shape index (κ2) is 8.38. The van der Waals surface area contributed by atoms with Gasteiger partial charge in [-0.3, -0.25) is 4.79 Å². The van der Waals surface area contributed by atoms with Gasteiger partial charge in [-0.1, -0.05) is 0 Å². The van der Waals surface area contributed by atoms with E-state index in [1.807, 2.05) is 29.2 Å². The van der Waals surface area contributed by atoms with Crippen molar-refractivity contribution in [3.8, 4) is 11.5 Å². The van der Waals surface area contributed by atoms with E-state index in [0.29, 0.717) is 30.8 Å². The van der Waals surface area contributed by atoms with Gasteiger partial charge in [-0.15, -0.1) is 0 Å². The Labute approximate surface area is 143 Å². The number of benzene rings is 1. The van der Waals surface area contributed by atoms with Gasteiger partial charge in [-0.05, 0) is 55.4 Å². The van der Waals surface area contributed by atoms with Gasteiger partial charge < -0.3 is 19.1 Å². The van der Waals surface area contributed by atoms with E-state index in [-0.39, 0.29) is 0 Å². The van der Waals surface area contributed by atoms with E-state index in [9.17, 15) is 4.79 Å². The molecule has 132 valence electrons. The predicted molar refractivity (Wildman–Crippen MR) is 91.3 cm³/mol. The van der Waals surface area contributed by atoms with E-state index in [1.54, 1.807) is 7.11 Å². The van der Waals surface area contributed by atoms with Gasteiger partial charge in [0, 0.05) is 32.7 Å². The molecule has 2 aliphatic heterocycles. The predicted octanol–water partition coefficient (Wildman–Crippen LogP) is 2.74. The number of rotatable bonds is 6. The molecule has 5 heteroatoms. The van der Waals surface area contributed by atoms with E-state index < -0.39 is 0 Å². The van der Waals surface area contributed by atoms with Crippen LogP contribution in [0.4, 0.5) is 0 Å². The molecule has 0 N–H and O–H groups in total. The van der Waals surface area contributed by atoms with Crippen LogP contribution in [0.3, 0.4) is 0 Å². The molecule has 0 aliphatic carbocycles. The van der Waals surface area contributed by atoms with Gasteiger partial charge in [0.1, 0.15) is 11.5 Å². The molecule has 1 aromatic rings. The minimum absolute atomic E-state index is 0.292. The standard InChI is InChI=1S/C19H27NO4/c1-22-17-2-4-18(5-3-17)24-14-15-6-9-20(10-7-15)19(21)12-16-8-11-23-13-16/h2-5,15-16H,6-14H2,1H3/t16-/m1/s1. The Hall–Kier alpha value is -1.75. The molecular weight excluding hydrogens is 306 g/mol. The highest BCUT2D eigenvalue weighted by atomic mass is 16.5. The number of nitrogens with zero attached hydrogens (tertiary/aromatic N) is 1. The molecule has 2 fully saturated rings. The quantitative estimate of drug-likeness (QED) is 0.803. The van der Waals surface area contributed by atoms with Gasteiger partial charge in [0.05, 0.1) is 13.7 Å². The van der Waals surface area contributed by atoms with Gasteiger partial charge in [-0.25, -0.2) is 0 Å². The zero-order valence-electron chi connectivity index (χ0n) is 14.4. The van der Waals surface area contributed by atoms with Crippen molar-refractivity contribution in [3.63, 3.8) is 0 Å². The molecule has 0 saturated carbocycles. The van der Waals surface area contributed by atoms with Gasteiger partial charge in [0.15, 0.2) is 0 Å². The summed E-state index contributed by atoms with van der Waals surface area (Å²) in [5.41, 5.74) is 0. The average molecular weight is 333 g/mol. The number of likely N-dealkylation sites (tertiary alicyclic amines) is 1. The molecule has 0 bridgehead atoms. The molecule has 1 aromatic carbocycles. The highest BCUT2D eigenvalue weighted by molar-refractivity contribution is 5.76. The molecule has 5 nitrogen and oxygen atoms in total. The maximum absolute atomic E-state index is 12.3. The number of amides is 1. The number of hydrogen-bond acceptors (Lipinski definition) is 4. The zero-order valence-corrected chi connectivity index (χ0v) is 14.4. The summed E-state index contributed by atoms with van der Waals surface area (Å²) in [6.07, 6.45) is 3.71. The normalized spacial score (nSPS) is 21.7. The van der Waals surface area contributed by atoms with Crippen LogP contribution < -0.4 is 9.47 Å². The van der Waals surface area contributed by atoms with Gasteiger partial charge in [0.25, 0.3) is 0 Å². The minimum atomic E-state index is 0.292. The molecule has 0 spiro atoms. The lowest BCUT2D eigenvalue weighted by Crippen LogP contribution is -2.40. The van der Waals surface area contributed by atoms with Crippen LogP contribution in [0, 0.1) is 11.8 Å². The monoisotopic (exact) mass is 333 g/mol. The number of methoxy groups -OCH3 is 1. The molecule has 24 heavy (non-hydrogen) atoms. The lowest BCUT2D eigenvalue weighted by atomic mass is 9.96. The van der Waals surface area contributed by atoms with E-state index in [1.165, 1.54) is 0 Å². The fourth-order valence-corrected chi connectivity index (χ4v) is 3.36. The summed E-state index contributed by atoms with van der Waals surface area (Å²) in [7, 11) is 1.66.